The van der Waals surface area contributed by atoms with Crippen LogP contribution >= 0.6 is 11.6 Å². The minimum Gasteiger partial charge on any atom is -0.375 e. The Balaban J connectivity index is 2.01. The number of benzene rings is 1. The van der Waals surface area contributed by atoms with Gasteiger partial charge in [0, 0.05) is 5.88 Å². The van der Waals surface area contributed by atoms with E-state index in [4.69, 9.17) is 16.3 Å². The first-order valence-electron chi connectivity index (χ1n) is 5.78. The number of ether oxygens (including phenoxy) is 1. The lowest BCUT2D eigenvalue weighted by molar-refractivity contribution is 0.0456. The Morgan fingerprint density at radius 3 is 2.28 bits per heavy atom. The van der Waals surface area contributed by atoms with Crippen LogP contribution in [0.4, 0.5) is 0 Å². The lowest BCUT2D eigenvalue weighted by Gasteiger charge is -2.15. The van der Waals surface area contributed by atoms with Crippen LogP contribution in [0.15, 0.2) is 24.3 Å². The highest BCUT2D eigenvalue weighted by atomic mass is 35.5. The molecule has 1 heterocycles. The highest BCUT2D eigenvalue weighted by Crippen LogP contribution is 2.21. The van der Waals surface area contributed by atoms with Crippen LogP contribution in [0.3, 0.4) is 0 Å². The molecule has 0 saturated carbocycles. The van der Waals surface area contributed by atoms with Gasteiger partial charge in [-0.15, -0.1) is 11.6 Å². The Bertz CT molecular complexity index is 440. The maximum Gasteiger partial charge on any atom is 0.261 e. The number of fused-ring (bicyclic) bond motifs is 1. The second-order valence-electron chi connectivity index (χ2n) is 4.14. The second kappa shape index (κ2) is 5.50. The molecule has 18 heavy (non-hydrogen) atoms. The minimum atomic E-state index is -0.252. The topological polar surface area (TPSA) is 46.6 Å². The number of amides is 2. The summed E-state index contributed by atoms with van der Waals surface area (Å²) in [6.07, 6.45) is -0.0816. The first-order chi connectivity index (χ1) is 8.65. The zero-order valence-electron chi connectivity index (χ0n) is 10.1. The monoisotopic (exact) mass is 267 g/mol. The molecule has 1 aliphatic heterocycles. The summed E-state index contributed by atoms with van der Waals surface area (Å²) in [5, 5.41) is 0. The number of carbonyl (C=O) groups is 2. The molecular weight excluding hydrogens is 254 g/mol. The smallest absolute Gasteiger partial charge is 0.261 e. The van der Waals surface area contributed by atoms with Gasteiger partial charge in [-0.2, -0.15) is 0 Å². The van der Waals surface area contributed by atoms with Gasteiger partial charge in [-0.1, -0.05) is 12.1 Å². The molecule has 1 aromatic carbocycles. The maximum atomic E-state index is 12.0. The van der Waals surface area contributed by atoms with Gasteiger partial charge >= 0.3 is 0 Å². The number of rotatable bonds is 5. The number of hydrogen-bond donors (Lipinski definition) is 0. The van der Waals surface area contributed by atoms with Crippen molar-refractivity contribution in [3.63, 3.8) is 0 Å². The molecule has 0 spiro atoms. The van der Waals surface area contributed by atoms with Crippen LogP contribution in [-0.4, -0.2) is 41.8 Å². The first-order valence-corrected chi connectivity index (χ1v) is 6.31. The highest BCUT2D eigenvalue weighted by molar-refractivity contribution is 6.21. The highest BCUT2D eigenvalue weighted by Gasteiger charge is 2.34. The summed E-state index contributed by atoms with van der Waals surface area (Å²) in [5.74, 6) is -0.113. The van der Waals surface area contributed by atoms with Crippen LogP contribution in [0.5, 0.6) is 0 Å². The van der Waals surface area contributed by atoms with Gasteiger partial charge in [0.2, 0.25) is 0 Å². The fourth-order valence-corrected chi connectivity index (χ4v) is 1.92. The Morgan fingerprint density at radius 2 is 1.78 bits per heavy atom. The van der Waals surface area contributed by atoms with Crippen molar-refractivity contribution in [2.75, 3.05) is 19.0 Å². The van der Waals surface area contributed by atoms with E-state index in [1.54, 1.807) is 24.3 Å². The summed E-state index contributed by atoms with van der Waals surface area (Å²) < 4.78 is 5.37. The SMILES string of the molecule is CC(CCl)OCCN1C(=O)c2ccccc2C1=O. The Hall–Kier alpha value is -1.39. The first kappa shape index (κ1) is 13.1. The maximum absolute atomic E-state index is 12.0. The van der Waals surface area contributed by atoms with Crippen molar-refractivity contribution in [1.29, 1.82) is 0 Å². The number of halogens is 1. The summed E-state index contributed by atoms with van der Waals surface area (Å²) in [4.78, 5) is 25.2. The van der Waals surface area contributed by atoms with Gasteiger partial charge in [0.25, 0.3) is 11.8 Å². The van der Waals surface area contributed by atoms with Crippen molar-refractivity contribution < 1.29 is 14.3 Å². The predicted octanol–water partition coefficient (Wildman–Crippen LogP) is 1.93. The van der Waals surface area contributed by atoms with Crippen molar-refractivity contribution in [3.8, 4) is 0 Å². The lowest BCUT2D eigenvalue weighted by atomic mass is 10.1. The van der Waals surface area contributed by atoms with Crippen LogP contribution in [0.2, 0.25) is 0 Å². The molecule has 1 aromatic rings. The third-order valence-electron chi connectivity index (χ3n) is 2.81. The molecule has 2 amide bonds. The fraction of sp³-hybridized carbons (Fsp3) is 0.385. The molecule has 5 heteroatoms. The molecule has 0 N–H and O–H groups in total. The largest absolute Gasteiger partial charge is 0.375 e. The van der Waals surface area contributed by atoms with Gasteiger partial charge in [-0.25, -0.2) is 0 Å². The van der Waals surface area contributed by atoms with Crippen LogP contribution in [0, 0.1) is 0 Å². The Kier molecular flexibility index (Phi) is 3.99. The summed E-state index contributed by atoms with van der Waals surface area (Å²) in [7, 11) is 0. The van der Waals surface area contributed by atoms with E-state index in [9.17, 15) is 9.59 Å². The van der Waals surface area contributed by atoms with Gasteiger partial charge in [-0.05, 0) is 19.1 Å². The molecule has 2 rings (SSSR count). The van der Waals surface area contributed by atoms with Gasteiger partial charge in [-0.3, -0.25) is 14.5 Å². The summed E-state index contributed by atoms with van der Waals surface area (Å²) in [5.41, 5.74) is 0.931. The quantitative estimate of drug-likeness (QED) is 0.605. The van der Waals surface area contributed by atoms with E-state index >= 15 is 0 Å². The van der Waals surface area contributed by atoms with Gasteiger partial charge in [0.05, 0.1) is 30.4 Å². The number of carbonyl (C=O) groups excluding carboxylic acids is 2. The zero-order valence-corrected chi connectivity index (χ0v) is 10.8. The zero-order chi connectivity index (χ0) is 13.1. The average molecular weight is 268 g/mol. The molecule has 96 valence electrons. The van der Waals surface area contributed by atoms with Crippen LogP contribution < -0.4 is 0 Å². The summed E-state index contributed by atoms with van der Waals surface area (Å²) in [6.45, 7) is 2.41. The molecule has 1 aliphatic rings. The number of alkyl halides is 1. The molecule has 0 saturated heterocycles. The lowest BCUT2D eigenvalue weighted by Crippen LogP contribution is -2.33. The third kappa shape index (κ3) is 2.40. The van der Waals surface area contributed by atoms with E-state index in [0.717, 1.165) is 0 Å². The van der Waals surface area contributed by atoms with Crippen molar-refractivity contribution >= 4 is 23.4 Å². The van der Waals surface area contributed by atoms with Crippen molar-refractivity contribution in [3.05, 3.63) is 35.4 Å². The van der Waals surface area contributed by atoms with Crippen molar-refractivity contribution in [2.24, 2.45) is 0 Å². The van der Waals surface area contributed by atoms with Crippen LogP contribution in [0.25, 0.3) is 0 Å². The molecule has 1 atom stereocenters. The predicted molar refractivity (Wildman–Crippen MR) is 67.9 cm³/mol. The molecule has 0 aromatic heterocycles. The van der Waals surface area contributed by atoms with Crippen molar-refractivity contribution in [1.82, 2.24) is 4.90 Å². The van der Waals surface area contributed by atoms with Gasteiger partial charge in [0.15, 0.2) is 0 Å². The van der Waals surface area contributed by atoms with E-state index in [1.807, 2.05) is 6.92 Å². The molecule has 1 unspecified atom stereocenters. The van der Waals surface area contributed by atoms with E-state index in [2.05, 4.69) is 0 Å². The summed E-state index contributed by atoms with van der Waals surface area (Å²) in [6, 6.07) is 6.83. The number of imide groups is 1. The molecular formula is C13H14ClNO3. The van der Waals surface area contributed by atoms with Gasteiger partial charge in [0.1, 0.15) is 0 Å². The molecule has 0 aliphatic carbocycles. The number of hydrogen-bond acceptors (Lipinski definition) is 3. The minimum absolute atomic E-state index is 0.0816. The van der Waals surface area contributed by atoms with E-state index in [1.165, 1.54) is 4.90 Å². The van der Waals surface area contributed by atoms with Gasteiger partial charge < -0.3 is 4.74 Å². The normalized spacial score (nSPS) is 16.0. The summed E-state index contributed by atoms with van der Waals surface area (Å²) >= 11 is 5.61. The van der Waals surface area contributed by atoms with E-state index < -0.39 is 0 Å². The molecule has 0 radical (unpaired) electrons. The van der Waals surface area contributed by atoms with E-state index in [0.29, 0.717) is 23.6 Å². The Morgan fingerprint density at radius 1 is 1.22 bits per heavy atom. The van der Waals surface area contributed by atoms with Crippen molar-refractivity contribution in [2.45, 2.75) is 13.0 Å². The Labute approximate surface area is 110 Å². The molecule has 0 fully saturated rings. The van der Waals surface area contributed by atoms with Crippen LogP contribution in [0.1, 0.15) is 27.6 Å². The second-order valence-corrected chi connectivity index (χ2v) is 4.45. The fourth-order valence-electron chi connectivity index (χ4n) is 1.83. The van der Waals surface area contributed by atoms with Crippen LogP contribution in [-0.2, 0) is 4.74 Å². The molecule has 4 nitrogen and oxygen atoms in total. The number of nitrogens with zero attached hydrogens (tertiary/aromatic N) is 1. The molecule has 0 bridgehead atoms. The van der Waals surface area contributed by atoms with E-state index in [-0.39, 0.29) is 24.5 Å². The average Bonchev–Trinajstić information content (AvgIpc) is 2.64. The standard InChI is InChI=1S/C13H14ClNO3/c1-9(8-14)18-7-6-15-12(16)10-4-2-3-5-11(10)13(15)17/h2-5,9H,6-8H2,1H3. The third-order valence-corrected chi connectivity index (χ3v) is 3.25.